The van der Waals surface area contributed by atoms with Crippen LogP contribution in [0.5, 0.6) is 0 Å². The molecule has 0 atom stereocenters. The Hall–Kier alpha value is -1.84. The van der Waals surface area contributed by atoms with Gasteiger partial charge in [-0.05, 0) is 11.6 Å². The van der Waals surface area contributed by atoms with Gasteiger partial charge < -0.3 is 4.98 Å². The molecule has 4 heteroatoms. The number of aromatic nitrogens is 1. The first kappa shape index (κ1) is 5.14. The molecule has 0 unspecified atom stereocenters. The first-order chi connectivity index (χ1) is 8.43. The van der Waals surface area contributed by atoms with Gasteiger partial charge >= 0.3 is 0 Å². The summed E-state index contributed by atoms with van der Waals surface area (Å²) in [6, 6.07) is -0.950. The molecule has 0 radical (unpaired) electrons. The first-order valence-corrected chi connectivity index (χ1v) is 4.11. The maximum Gasteiger partial charge on any atom is 0.207 e. The Morgan fingerprint density at radius 3 is 3.07 bits per heavy atom. The molecule has 72 valence electrons. The van der Waals surface area contributed by atoms with E-state index in [9.17, 15) is 10.1 Å². The second-order valence-electron chi connectivity index (χ2n) is 2.87. The van der Waals surface area contributed by atoms with Crippen molar-refractivity contribution in [3.63, 3.8) is 0 Å². The van der Waals surface area contributed by atoms with Crippen molar-refractivity contribution < 1.29 is 10.4 Å². The fourth-order valence-electron chi connectivity index (χ4n) is 1.30. The molecule has 1 N–H and O–H groups in total. The zero-order valence-electron chi connectivity index (χ0n) is 11.3. The zero-order chi connectivity index (χ0) is 13.4. The van der Waals surface area contributed by atoms with Gasteiger partial charge in [-0.25, -0.2) is 0 Å². The molecule has 2 aromatic rings. The van der Waals surface area contributed by atoms with Gasteiger partial charge in [-0.3, -0.25) is 10.1 Å². The highest BCUT2D eigenvalue weighted by Gasteiger charge is 2.05. The quantitative estimate of drug-likeness (QED) is 0.600. The highest BCUT2D eigenvalue weighted by Crippen LogP contribution is 2.17. The average molecular weight is 194 g/mol. The van der Waals surface area contributed by atoms with E-state index >= 15 is 0 Å². The van der Waals surface area contributed by atoms with Crippen molar-refractivity contribution in [1.82, 2.24) is 4.98 Å². The van der Waals surface area contributed by atoms with Gasteiger partial charge in [0, 0.05) is 28.4 Å². The third-order valence-corrected chi connectivity index (χ3v) is 1.96. The Kier molecular flexibility index (Phi) is 1.28. The standard InChI is InChI=1S/C10H10N2O2/c13-12(14)6-5-8-7-11-10-4-2-1-3-9(8)10/h1-4,7,11H,5-6H2/i1D,2D,3D,4D. The van der Waals surface area contributed by atoms with Crippen molar-refractivity contribution in [2.75, 3.05) is 6.54 Å². The highest BCUT2D eigenvalue weighted by atomic mass is 16.6. The lowest BCUT2D eigenvalue weighted by atomic mass is 10.1. The number of nitrogens with one attached hydrogen (secondary N) is 1. The Balaban J connectivity index is 2.62. The normalized spacial score (nSPS) is 14.6. The molecule has 0 saturated carbocycles. The molecular formula is C10H10N2O2. The molecule has 0 aliphatic rings. The fourth-order valence-corrected chi connectivity index (χ4v) is 1.30. The van der Waals surface area contributed by atoms with E-state index in [2.05, 4.69) is 4.98 Å². The number of nitro groups is 1. The lowest BCUT2D eigenvalue weighted by Crippen LogP contribution is -2.03. The molecular weight excluding hydrogens is 180 g/mol. The van der Waals surface area contributed by atoms with Gasteiger partial charge in [-0.2, -0.15) is 0 Å². The van der Waals surface area contributed by atoms with Crippen LogP contribution >= 0.6 is 0 Å². The molecule has 0 bridgehead atoms. The third kappa shape index (κ3) is 1.59. The minimum absolute atomic E-state index is 0.134. The number of fused-ring (bicyclic) bond motifs is 1. The van der Waals surface area contributed by atoms with E-state index in [-0.39, 0.29) is 37.1 Å². The van der Waals surface area contributed by atoms with Gasteiger partial charge in [0.2, 0.25) is 6.54 Å². The van der Waals surface area contributed by atoms with Crippen molar-refractivity contribution in [2.45, 2.75) is 6.42 Å². The van der Waals surface area contributed by atoms with Gasteiger partial charge in [-0.1, -0.05) is 18.1 Å². The predicted molar refractivity (Wildman–Crippen MR) is 53.9 cm³/mol. The Morgan fingerprint density at radius 2 is 2.29 bits per heavy atom. The number of rotatable bonds is 3. The molecule has 0 saturated heterocycles. The van der Waals surface area contributed by atoms with Crippen LogP contribution in [0.25, 0.3) is 10.9 Å². The van der Waals surface area contributed by atoms with Gasteiger partial charge in [0.25, 0.3) is 0 Å². The summed E-state index contributed by atoms with van der Waals surface area (Å²) < 4.78 is 30.6. The fraction of sp³-hybridized carbons (Fsp3) is 0.200. The molecule has 0 aliphatic carbocycles. The number of H-pyrrole nitrogens is 1. The maximum atomic E-state index is 10.3. The van der Waals surface area contributed by atoms with Gasteiger partial charge in [0.1, 0.15) is 0 Å². The van der Waals surface area contributed by atoms with Crippen LogP contribution in [-0.2, 0) is 6.42 Å². The molecule has 14 heavy (non-hydrogen) atoms. The monoisotopic (exact) mass is 194 g/mol. The largest absolute Gasteiger partial charge is 0.361 e. The number of nitrogens with zero attached hydrogens (tertiary/aromatic N) is 1. The van der Waals surface area contributed by atoms with E-state index in [4.69, 9.17) is 5.48 Å². The number of hydrogen-bond donors (Lipinski definition) is 1. The van der Waals surface area contributed by atoms with Crippen LogP contribution < -0.4 is 0 Å². The summed E-state index contributed by atoms with van der Waals surface area (Å²) in [4.78, 5) is 12.6. The molecule has 4 nitrogen and oxygen atoms in total. The molecule has 1 heterocycles. The summed E-state index contributed by atoms with van der Waals surface area (Å²) in [5.41, 5.74) is 0.827. The number of para-hydroxylation sites is 1. The topological polar surface area (TPSA) is 58.9 Å². The van der Waals surface area contributed by atoms with Crippen LogP contribution in [0.1, 0.15) is 11.0 Å². The van der Waals surface area contributed by atoms with E-state index in [1.165, 1.54) is 6.20 Å². The maximum absolute atomic E-state index is 10.3. The van der Waals surface area contributed by atoms with Crippen LogP contribution in [0.3, 0.4) is 0 Å². The lowest BCUT2D eigenvalue weighted by molar-refractivity contribution is -0.479. The molecule has 0 aliphatic heterocycles. The summed E-state index contributed by atoms with van der Waals surface area (Å²) in [6.45, 7) is -0.268. The average Bonchev–Trinajstić information content (AvgIpc) is 2.75. The van der Waals surface area contributed by atoms with Gasteiger partial charge in [0.05, 0.1) is 5.48 Å². The van der Waals surface area contributed by atoms with Gasteiger partial charge in [0.15, 0.2) is 0 Å². The lowest BCUT2D eigenvalue weighted by Gasteiger charge is -1.93. The van der Waals surface area contributed by atoms with E-state index in [0.717, 1.165) is 0 Å². The van der Waals surface area contributed by atoms with E-state index in [1.807, 2.05) is 0 Å². The number of aromatic amines is 1. The van der Waals surface area contributed by atoms with Crippen LogP contribution in [0.4, 0.5) is 0 Å². The first-order valence-electron chi connectivity index (χ1n) is 6.11. The zero-order valence-corrected chi connectivity index (χ0v) is 7.26. The summed E-state index contributed by atoms with van der Waals surface area (Å²) in [6.07, 6.45) is 1.64. The molecule has 0 fully saturated rings. The van der Waals surface area contributed by atoms with E-state index < -0.39 is 4.92 Å². The van der Waals surface area contributed by atoms with E-state index in [0.29, 0.717) is 16.5 Å². The van der Waals surface area contributed by atoms with Crippen molar-refractivity contribution in [3.8, 4) is 0 Å². The summed E-state index contributed by atoms with van der Waals surface area (Å²) in [5, 5.41) is 10.7. The van der Waals surface area contributed by atoms with Crippen molar-refractivity contribution >= 4 is 10.9 Å². The van der Waals surface area contributed by atoms with Gasteiger partial charge in [-0.15, -0.1) is 0 Å². The van der Waals surface area contributed by atoms with Crippen LogP contribution in [0.15, 0.2) is 30.4 Å². The minimum Gasteiger partial charge on any atom is -0.361 e. The van der Waals surface area contributed by atoms with Crippen molar-refractivity contribution in [2.24, 2.45) is 0 Å². The van der Waals surface area contributed by atoms with Crippen molar-refractivity contribution in [3.05, 3.63) is 46.0 Å². The van der Waals surface area contributed by atoms with E-state index in [1.54, 1.807) is 0 Å². The minimum atomic E-state index is -0.454. The second-order valence-corrected chi connectivity index (χ2v) is 2.87. The van der Waals surface area contributed by atoms with Crippen LogP contribution in [0, 0.1) is 10.1 Å². The third-order valence-electron chi connectivity index (χ3n) is 1.96. The molecule has 1 aromatic carbocycles. The Bertz CT molecular complexity index is 639. The Morgan fingerprint density at radius 1 is 1.50 bits per heavy atom. The molecule has 0 amide bonds. The Labute approximate surface area is 86.3 Å². The highest BCUT2D eigenvalue weighted by molar-refractivity contribution is 5.82. The summed E-state index contributed by atoms with van der Waals surface area (Å²) in [7, 11) is 0. The molecule has 0 spiro atoms. The number of hydrogen-bond acceptors (Lipinski definition) is 2. The predicted octanol–water partition coefficient (Wildman–Crippen LogP) is 1.99. The molecule has 1 aromatic heterocycles. The van der Waals surface area contributed by atoms with Crippen LogP contribution in [0.2, 0.25) is 0 Å². The second kappa shape index (κ2) is 3.49. The SMILES string of the molecule is [2H]c1c([2H])c([2H])c2c(CC[N+](=O)[O-])c[nH]c2c1[2H]. The molecule has 2 rings (SSSR count). The summed E-state index contributed by atoms with van der Waals surface area (Å²) in [5.74, 6) is 0. The van der Waals surface area contributed by atoms with Crippen LogP contribution in [-0.4, -0.2) is 16.5 Å². The summed E-state index contributed by atoms with van der Waals surface area (Å²) >= 11 is 0. The number of benzene rings is 1. The smallest absolute Gasteiger partial charge is 0.207 e. The van der Waals surface area contributed by atoms with Crippen molar-refractivity contribution in [1.29, 1.82) is 0 Å².